The van der Waals surface area contributed by atoms with Gasteiger partial charge in [-0.3, -0.25) is 0 Å². The molecule has 0 saturated heterocycles. The maximum Gasteiger partial charge on any atom is 0.130 e. The summed E-state index contributed by atoms with van der Waals surface area (Å²) in [5, 5.41) is 13.6. The maximum absolute atomic E-state index is 9.72. The molecular formula is C18H15BrClN3O. The van der Waals surface area contributed by atoms with Crippen LogP contribution in [0.5, 0.6) is 0 Å². The summed E-state index contributed by atoms with van der Waals surface area (Å²) in [6, 6.07) is 16.9. The number of rotatable bonds is 5. The Morgan fingerprint density at radius 1 is 1.08 bits per heavy atom. The van der Waals surface area contributed by atoms with Gasteiger partial charge in [-0.1, -0.05) is 51.8 Å². The Labute approximate surface area is 153 Å². The normalized spacial score (nSPS) is 12.0. The third kappa shape index (κ3) is 4.12. The largest absolute Gasteiger partial charge is 0.394 e. The van der Waals surface area contributed by atoms with Gasteiger partial charge in [-0.25, -0.2) is 9.97 Å². The number of aliphatic hydroxyl groups is 1. The van der Waals surface area contributed by atoms with E-state index in [1.807, 2.05) is 54.6 Å². The average molecular weight is 405 g/mol. The summed E-state index contributed by atoms with van der Waals surface area (Å²) in [4.78, 5) is 8.54. The smallest absolute Gasteiger partial charge is 0.130 e. The fourth-order valence-corrected chi connectivity index (χ4v) is 2.99. The highest BCUT2D eigenvalue weighted by atomic mass is 79.9. The van der Waals surface area contributed by atoms with Gasteiger partial charge < -0.3 is 10.4 Å². The fraction of sp³-hybridized carbons (Fsp3) is 0.111. The van der Waals surface area contributed by atoms with E-state index in [0.717, 1.165) is 21.3 Å². The Morgan fingerprint density at radius 2 is 1.92 bits per heavy atom. The van der Waals surface area contributed by atoms with Crippen molar-refractivity contribution in [2.24, 2.45) is 0 Å². The van der Waals surface area contributed by atoms with Gasteiger partial charge in [0.15, 0.2) is 0 Å². The van der Waals surface area contributed by atoms with E-state index in [1.165, 1.54) is 6.33 Å². The molecule has 0 aliphatic rings. The molecule has 0 aliphatic heterocycles. The topological polar surface area (TPSA) is 58.0 Å². The SMILES string of the molecule is OCC(Nc1cc(-c2cccc(Cl)c2)ncn1)c1cccc(Br)c1. The van der Waals surface area contributed by atoms with Crippen LogP contribution in [0.1, 0.15) is 11.6 Å². The number of hydrogen-bond donors (Lipinski definition) is 2. The summed E-state index contributed by atoms with van der Waals surface area (Å²) in [6.07, 6.45) is 1.49. The van der Waals surface area contributed by atoms with Crippen LogP contribution in [-0.2, 0) is 0 Å². The summed E-state index contributed by atoms with van der Waals surface area (Å²) >= 11 is 9.49. The molecule has 6 heteroatoms. The van der Waals surface area contributed by atoms with E-state index in [4.69, 9.17) is 11.6 Å². The summed E-state index contributed by atoms with van der Waals surface area (Å²) in [6.45, 7) is -0.0487. The van der Waals surface area contributed by atoms with Crippen LogP contribution in [-0.4, -0.2) is 21.7 Å². The van der Waals surface area contributed by atoms with Crippen LogP contribution in [0, 0.1) is 0 Å². The number of benzene rings is 2. The molecule has 2 aromatic carbocycles. The van der Waals surface area contributed by atoms with Gasteiger partial charge in [-0.2, -0.15) is 0 Å². The van der Waals surface area contributed by atoms with Gasteiger partial charge in [-0.05, 0) is 29.8 Å². The molecule has 4 nitrogen and oxygen atoms in total. The molecule has 1 aromatic heterocycles. The highest BCUT2D eigenvalue weighted by molar-refractivity contribution is 9.10. The molecule has 0 bridgehead atoms. The first-order valence-corrected chi connectivity index (χ1v) is 8.53. The van der Waals surface area contributed by atoms with Crippen molar-refractivity contribution in [2.45, 2.75) is 6.04 Å². The lowest BCUT2D eigenvalue weighted by molar-refractivity contribution is 0.276. The summed E-state index contributed by atoms with van der Waals surface area (Å²) in [5.41, 5.74) is 2.65. The first kappa shape index (κ1) is 16.9. The van der Waals surface area contributed by atoms with Gasteiger partial charge in [0.25, 0.3) is 0 Å². The second kappa shape index (κ2) is 7.75. The van der Waals surface area contributed by atoms with E-state index < -0.39 is 0 Å². The molecule has 1 atom stereocenters. The molecule has 0 fully saturated rings. The van der Waals surface area contributed by atoms with Crippen molar-refractivity contribution >= 4 is 33.3 Å². The van der Waals surface area contributed by atoms with Crippen LogP contribution in [0.25, 0.3) is 11.3 Å². The molecule has 0 amide bonds. The molecule has 122 valence electrons. The van der Waals surface area contributed by atoms with E-state index in [9.17, 15) is 5.11 Å². The van der Waals surface area contributed by atoms with Crippen LogP contribution >= 0.6 is 27.5 Å². The lowest BCUT2D eigenvalue weighted by Gasteiger charge is -2.18. The van der Waals surface area contributed by atoms with Crippen LogP contribution in [0.15, 0.2) is 65.4 Å². The molecule has 3 rings (SSSR count). The standard InChI is InChI=1S/C18H15BrClN3O/c19-14-5-1-3-12(7-14)17(10-24)23-18-9-16(21-11-22-18)13-4-2-6-15(20)8-13/h1-9,11,17,24H,10H2,(H,21,22,23). The van der Waals surface area contributed by atoms with Crippen molar-refractivity contribution in [1.82, 2.24) is 9.97 Å². The second-order valence-electron chi connectivity index (χ2n) is 5.23. The van der Waals surface area contributed by atoms with Crippen LogP contribution in [0.3, 0.4) is 0 Å². The van der Waals surface area contributed by atoms with Gasteiger partial charge >= 0.3 is 0 Å². The average Bonchev–Trinajstić information content (AvgIpc) is 2.60. The molecule has 1 unspecified atom stereocenters. The molecular weight excluding hydrogens is 390 g/mol. The quantitative estimate of drug-likeness (QED) is 0.647. The minimum atomic E-state index is -0.260. The van der Waals surface area contributed by atoms with E-state index in [0.29, 0.717) is 10.8 Å². The first-order chi connectivity index (χ1) is 11.7. The number of aliphatic hydroxyl groups excluding tert-OH is 1. The van der Waals surface area contributed by atoms with Gasteiger partial charge in [0, 0.05) is 21.1 Å². The molecule has 0 saturated carbocycles. The summed E-state index contributed by atoms with van der Waals surface area (Å²) in [5.74, 6) is 0.638. The maximum atomic E-state index is 9.72. The Balaban J connectivity index is 1.86. The molecule has 0 radical (unpaired) electrons. The monoisotopic (exact) mass is 403 g/mol. The third-order valence-corrected chi connectivity index (χ3v) is 4.27. The molecule has 24 heavy (non-hydrogen) atoms. The van der Waals surface area contributed by atoms with Crippen molar-refractivity contribution in [1.29, 1.82) is 0 Å². The predicted molar refractivity (Wildman–Crippen MR) is 100 cm³/mol. The molecule has 0 spiro atoms. The Kier molecular flexibility index (Phi) is 5.45. The molecule has 1 heterocycles. The second-order valence-corrected chi connectivity index (χ2v) is 6.59. The lowest BCUT2D eigenvalue weighted by Crippen LogP contribution is -2.15. The van der Waals surface area contributed by atoms with Gasteiger partial charge in [-0.15, -0.1) is 0 Å². The molecule has 2 N–H and O–H groups in total. The van der Waals surface area contributed by atoms with E-state index >= 15 is 0 Å². The lowest BCUT2D eigenvalue weighted by atomic mass is 10.1. The minimum absolute atomic E-state index is 0.0487. The third-order valence-electron chi connectivity index (χ3n) is 3.54. The van der Waals surface area contributed by atoms with Gasteiger partial charge in [0.1, 0.15) is 12.1 Å². The van der Waals surface area contributed by atoms with Crippen LogP contribution in [0.2, 0.25) is 5.02 Å². The number of nitrogens with one attached hydrogen (secondary N) is 1. The number of nitrogens with zero attached hydrogens (tertiary/aromatic N) is 2. The van der Waals surface area contributed by atoms with E-state index in [1.54, 1.807) is 0 Å². The molecule has 3 aromatic rings. The Bertz CT molecular complexity index is 844. The predicted octanol–water partition coefficient (Wildman–Crippen LogP) is 4.71. The molecule has 0 aliphatic carbocycles. The van der Waals surface area contributed by atoms with Crippen LogP contribution in [0.4, 0.5) is 5.82 Å². The van der Waals surface area contributed by atoms with Crippen molar-refractivity contribution < 1.29 is 5.11 Å². The zero-order valence-electron chi connectivity index (χ0n) is 12.7. The summed E-state index contributed by atoms with van der Waals surface area (Å²) in [7, 11) is 0. The number of aromatic nitrogens is 2. The highest BCUT2D eigenvalue weighted by Gasteiger charge is 2.12. The van der Waals surface area contributed by atoms with Crippen molar-refractivity contribution in [3.63, 3.8) is 0 Å². The first-order valence-electron chi connectivity index (χ1n) is 7.36. The van der Waals surface area contributed by atoms with Gasteiger partial charge in [0.05, 0.1) is 18.3 Å². The van der Waals surface area contributed by atoms with Crippen molar-refractivity contribution in [3.8, 4) is 11.3 Å². The number of halogens is 2. The zero-order chi connectivity index (χ0) is 16.9. The van der Waals surface area contributed by atoms with Crippen molar-refractivity contribution in [2.75, 3.05) is 11.9 Å². The fourth-order valence-electron chi connectivity index (χ4n) is 2.38. The van der Waals surface area contributed by atoms with Crippen molar-refractivity contribution in [3.05, 3.63) is 76.0 Å². The number of hydrogen-bond acceptors (Lipinski definition) is 4. The Morgan fingerprint density at radius 3 is 2.67 bits per heavy atom. The van der Waals surface area contributed by atoms with Gasteiger partial charge in [0.2, 0.25) is 0 Å². The summed E-state index contributed by atoms with van der Waals surface area (Å²) < 4.78 is 0.961. The number of anilines is 1. The minimum Gasteiger partial charge on any atom is -0.394 e. The highest BCUT2D eigenvalue weighted by Crippen LogP contribution is 2.25. The Hall–Kier alpha value is -1.95. The zero-order valence-corrected chi connectivity index (χ0v) is 15.0. The van der Waals surface area contributed by atoms with Crippen LogP contribution < -0.4 is 5.32 Å². The van der Waals surface area contributed by atoms with E-state index in [-0.39, 0.29) is 12.6 Å². The van der Waals surface area contributed by atoms with E-state index in [2.05, 4.69) is 31.2 Å².